The number of likely N-dealkylation sites (N-methyl/N-ethyl adjacent to an activating group) is 1. The third-order valence-corrected chi connectivity index (χ3v) is 3.49. The van der Waals surface area contributed by atoms with E-state index < -0.39 is 0 Å². The zero-order chi connectivity index (χ0) is 12.0. The Bertz CT molecular complexity index is 220. The summed E-state index contributed by atoms with van der Waals surface area (Å²) in [4.78, 5) is 4.73. The third kappa shape index (κ3) is 4.26. The fourth-order valence-corrected chi connectivity index (χ4v) is 2.52. The molecule has 1 rings (SSSR count). The van der Waals surface area contributed by atoms with Gasteiger partial charge in [0.15, 0.2) is 5.11 Å². The van der Waals surface area contributed by atoms with Crippen LogP contribution in [0.2, 0.25) is 0 Å². The Hall–Kier alpha value is -0.350. The van der Waals surface area contributed by atoms with Crippen LogP contribution >= 0.6 is 12.2 Å². The van der Waals surface area contributed by atoms with Crippen LogP contribution in [0.25, 0.3) is 0 Å². The van der Waals surface area contributed by atoms with Crippen LogP contribution in [0.1, 0.15) is 33.1 Å². The smallest absolute Gasteiger partial charge is 0.169 e. The molecule has 1 atom stereocenters. The van der Waals surface area contributed by atoms with Crippen molar-refractivity contribution in [2.45, 2.75) is 39.2 Å². The predicted molar refractivity (Wildman–Crippen MR) is 73.8 cm³/mol. The highest BCUT2D eigenvalue weighted by Gasteiger charge is 2.21. The minimum Gasteiger partial charge on any atom is -0.363 e. The van der Waals surface area contributed by atoms with Crippen molar-refractivity contribution in [1.29, 1.82) is 0 Å². The van der Waals surface area contributed by atoms with Crippen molar-refractivity contribution in [2.24, 2.45) is 0 Å². The quantitative estimate of drug-likeness (QED) is 0.600. The van der Waals surface area contributed by atoms with E-state index in [1.54, 1.807) is 0 Å². The average molecular weight is 243 g/mol. The molecule has 0 amide bonds. The Labute approximate surface area is 105 Å². The molecule has 94 valence electrons. The maximum Gasteiger partial charge on any atom is 0.169 e. The van der Waals surface area contributed by atoms with Gasteiger partial charge in [-0.3, -0.25) is 0 Å². The van der Waals surface area contributed by atoms with Gasteiger partial charge in [-0.05, 0) is 45.6 Å². The maximum absolute atomic E-state index is 5.46. The van der Waals surface area contributed by atoms with Crippen LogP contribution in [-0.4, -0.2) is 54.2 Å². The van der Waals surface area contributed by atoms with Gasteiger partial charge in [-0.1, -0.05) is 13.3 Å². The lowest BCUT2D eigenvalue weighted by Crippen LogP contribution is -2.47. The molecule has 3 nitrogen and oxygen atoms in total. The first kappa shape index (κ1) is 13.7. The van der Waals surface area contributed by atoms with Gasteiger partial charge in [-0.2, -0.15) is 0 Å². The topological polar surface area (TPSA) is 18.5 Å². The average Bonchev–Trinajstić information content (AvgIpc) is 2.39. The molecule has 0 radical (unpaired) electrons. The van der Waals surface area contributed by atoms with Gasteiger partial charge in [-0.15, -0.1) is 0 Å². The van der Waals surface area contributed by atoms with E-state index in [4.69, 9.17) is 12.2 Å². The van der Waals surface area contributed by atoms with Crippen molar-refractivity contribution in [3.8, 4) is 0 Å². The first-order chi connectivity index (χ1) is 7.65. The molecule has 1 N–H and O–H groups in total. The van der Waals surface area contributed by atoms with E-state index in [9.17, 15) is 0 Å². The van der Waals surface area contributed by atoms with Crippen molar-refractivity contribution in [3.63, 3.8) is 0 Å². The summed E-state index contributed by atoms with van der Waals surface area (Å²) < 4.78 is 0. The van der Waals surface area contributed by atoms with Crippen molar-refractivity contribution in [1.82, 2.24) is 15.1 Å². The number of hydrogen-bond donors (Lipinski definition) is 1. The molecule has 0 aromatic carbocycles. The summed E-state index contributed by atoms with van der Waals surface area (Å²) >= 11 is 5.46. The summed E-state index contributed by atoms with van der Waals surface area (Å²) in [5.74, 6) is 0. The number of thiocarbonyl (C=S) groups is 1. The van der Waals surface area contributed by atoms with Gasteiger partial charge < -0.3 is 15.1 Å². The SMILES string of the molecule is CCCCNC(=S)N1CCCN(C)CC1C. The second kappa shape index (κ2) is 7.07. The Morgan fingerprint density at radius 2 is 2.19 bits per heavy atom. The summed E-state index contributed by atoms with van der Waals surface area (Å²) in [5.41, 5.74) is 0. The Morgan fingerprint density at radius 1 is 1.44 bits per heavy atom. The van der Waals surface area contributed by atoms with E-state index in [0.29, 0.717) is 6.04 Å². The van der Waals surface area contributed by atoms with Gasteiger partial charge in [0.25, 0.3) is 0 Å². The van der Waals surface area contributed by atoms with Crippen LogP contribution < -0.4 is 5.32 Å². The summed E-state index contributed by atoms with van der Waals surface area (Å²) in [6, 6.07) is 0.522. The van der Waals surface area contributed by atoms with Crippen LogP contribution in [-0.2, 0) is 0 Å². The van der Waals surface area contributed by atoms with Crippen LogP contribution in [0, 0.1) is 0 Å². The van der Waals surface area contributed by atoms with Gasteiger partial charge in [0.1, 0.15) is 0 Å². The third-order valence-electron chi connectivity index (χ3n) is 3.11. The Kier molecular flexibility index (Phi) is 6.06. The van der Waals surface area contributed by atoms with Crippen molar-refractivity contribution < 1.29 is 0 Å². The molecule has 0 spiro atoms. The predicted octanol–water partition coefficient (Wildman–Crippen LogP) is 1.69. The minimum absolute atomic E-state index is 0.522. The molecule has 16 heavy (non-hydrogen) atoms. The highest BCUT2D eigenvalue weighted by Crippen LogP contribution is 2.08. The normalized spacial score (nSPS) is 22.9. The summed E-state index contributed by atoms with van der Waals surface area (Å²) in [7, 11) is 2.19. The zero-order valence-corrected chi connectivity index (χ0v) is 11.6. The standard InChI is InChI=1S/C12H25N3S/c1-4-5-7-13-12(16)15-9-6-8-14(3)10-11(15)2/h11H,4-10H2,1-3H3,(H,13,16). The first-order valence-electron chi connectivity index (χ1n) is 6.38. The molecule has 0 aromatic heterocycles. The van der Waals surface area contributed by atoms with Gasteiger partial charge in [0.05, 0.1) is 0 Å². The molecule has 0 saturated carbocycles. The molecule has 1 aliphatic rings. The number of hydrogen-bond acceptors (Lipinski definition) is 2. The van der Waals surface area contributed by atoms with E-state index in [1.165, 1.54) is 25.8 Å². The van der Waals surface area contributed by atoms with E-state index >= 15 is 0 Å². The molecular weight excluding hydrogens is 218 g/mol. The van der Waals surface area contributed by atoms with Crippen molar-refractivity contribution in [2.75, 3.05) is 33.2 Å². The molecule has 0 bridgehead atoms. The van der Waals surface area contributed by atoms with E-state index in [0.717, 1.165) is 24.7 Å². The zero-order valence-electron chi connectivity index (χ0n) is 10.8. The lowest BCUT2D eigenvalue weighted by molar-refractivity contribution is 0.283. The highest BCUT2D eigenvalue weighted by atomic mass is 32.1. The molecule has 1 saturated heterocycles. The Balaban J connectivity index is 2.40. The van der Waals surface area contributed by atoms with Gasteiger partial charge in [0, 0.05) is 25.7 Å². The van der Waals surface area contributed by atoms with E-state index in [-0.39, 0.29) is 0 Å². The summed E-state index contributed by atoms with van der Waals surface area (Å²) in [6.07, 6.45) is 3.62. The Morgan fingerprint density at radius 3 is 2.88 bits per heavy atom. The molecule has 4 heteroatoms. The molecule has 0 aromatic rings. The lowest BCUT2D eigenvalue weighted by atomic mass is 10.3. The van der Waals surface area contributed by atoms with E-state index in [2.05, 4.69) is 36.0 Å². The van der Waals surface area contributed by atoms with Crippen LogP contribution in [0.3, 0.4) is 0 Å². The largest absolute Gasteiger partial charge is 0.363 e. The van der Waals surface area contributed by atoms with Crippen LogP contribution in [0.5, 0.6) is 0 Å². The van der Waals surface area contributed by atoms with Crippen molar-refractivity contribution >= 4 is 17.3 Å². The van der Waals surface area contributed by atoms with Crippen LogP contribution in [0.15, 0.2) is 0 Å². The molecule has 0 aliphatic carbocycles. The summed E-state index contributed by atoms with van der Waals surface area (Å²) in [5, 5.41) is 4.31. The number of nitrogens with one attached hydrogen (secondary N) is 1. The van der Waals surface area contributed by atoms with Gasteiger partial charge in [-0.25, -0.2) is 0 Å². The van der Waals surface area contributed by atoms with E-state index in [1.807, 2.05) is 0 Å². The highest BCUT2D eigenvalue weighted by molar-refractivity contribution is 7.80. The molecular formula is C12H25N3S. The first-order valence-corrected chi connectivity index (χ1v) is 6.79. The monoisotopic (exact) mass is 243 g/mol. The minimum atomic E-state index is 0.522. The second-order valence-corrected chi connectivity index (χ2v) is 5.13. The molecule has 1 aliphatic heterocycles. The second-order valence-electron chi connectivity index (χ2n) is 4.74. The number of unbranched alkanes of at least 4 members (excludes halogenated alkanes) is 1. The number of nitrogens with zero attached hydrogens (tertiary/aromatic N) is 2. The summed E-state index contributed by atoms with van der Waals surface area (Å²) in [6.45, 7) is 8.84. The molecule has 1 unspecified atom stereocenters. The lowest BCUT2D eigenvalue weighted by Gasteiger charge is -2.30. The number of rotatable bonds is 3. The maximum atomic E-state index is 5.46. The molecule has 1 fully saturated rings. The van der Waals surface area contributed by atoms with Gasteiger partial charge >= 0.3 is 0 Å². The fourth-order valence-electron chi connectivity index (χ4n) is 2.15. The van der Waals surface area contributed by atoms with Gasteiger partial charge in [0.2, 0.25) is 0 Å². The fraction of sp³-hybridized carbons (Fsp3) is 0.917. The van der Waals surface area contributed by atoms with Crippen LogP contribution in [0.4, 0.5) is 0 Å². The molecule has 1 heterocycles. The van der Waals surface area contributed by atoms with Crippen molar-refractivity contribution in [3.05, 3.63) is 0 Å².